The van der Waals surface area contributed by atoms with Crippen LogP contribution in [0.2, 0.25) is 0 Å². The van der Waals surface area contributed by atoms with Gasteiger partial charge in [0.05, 0.1) is 13.2 Å². The third-order valence-electron chi connectivity index (χ3n) is 4.02. The quantitative estimate of drug-likeness (QED) is 0.448. The first-order valence-corrected chi connectivity index (χ1v) is 9.71. The number of hydrogen-bond acceptors (Lipinski definition) is 5. The molecule has 2 aromatic rings. The van der Waals surface area contributed by atoms with Gasteiger partial charge in [-0.1, -0.05) is 6.07 Å². The van der Waals surface area contributed by atoms with Crippen LogP contribution in [0.5, 0.6) is 0 Å². The Hall–Kier alpha value is -3.39. The van der Waals surface area contributed by atoms with Gasteiger partial charge in [-0.05, 0) is 56.3 Å². The second kappa shape index (κ2) is 11.6. The summed E-state index contributed by atoms with van der Waals surface area (Å²) in [6, 6.07) is 13.6. The number of methoxy groups -OCH3 is 1. The van der Waals surface area contributed by atoms with E-state index in [1.165, 1.54) is 0 Å². The summed E-state index contributed by atoms with van der Waals surface area (Å²) >= 11 is 0. The molecule has 0 aliphatic rings. The van der Waals surface area contributed by atoms with Crippen molar-refractivity contribution >= 4 is 29.1 Å². The molecular formula is C22H28N4O4. The van der Waals surface area contributed by atoms with E-state index in [-0.39, 0.29) is 30.3 Å². The minimum absolute atomic E-state index is 0.0303. The molecule has 30 heavy (non-hydrogen) atoms. The van der Waals surface area contributed by atoms with E-state index < -0.39 is 0 Å². The topological polar surface area (TPSA) is 109 Å². The fraction of sp³-hybridized carbons (Fsp3) is 0.318. The van der Waals surface area contributed by atoms with E-state index in [1.807, 2.05) is 13.8 Å². The zero-order valence-corrected chi connectivity index (χ0v) is 17.5. The smallest absolute Gasteiger partial charge is 0.251 e. The maximum atomic E-state index is 12.2. The lowest BCUT2D eigenvalue weighted by Gasteiger charge is -2.11. The Morgan fingerprint density at radius 2 is 1.67 bits per heavy atom. The van der Waals surface area contributed by atoms with Gasteiger partial charge in [0.1, 0.15) is 0 Å². The van der Waals surface area contributed by atoms with Crippen molar-refractivity contribution in [3.05, 3.63) is 59.7 Å². The summed E-state index contributed by atoms with van der Waals surface area (Å²) in [6.07, 6.45) is 0. The van der Waals surface area contributed by atoms with E-state index in [2.05, 4.69) is 21.3 Å². The molecule has 0 heterocycles. The molecule has 0 radical (unpaired) electrons. The molecule has 0 unspecified atom stereocenters. The molecule has 2 aromatic carbocycles. The molecule has 2 rings (SSSR count). The number of carbonyl (C=O) groups excluding carboxylic acids is 3. The van der Waals surface area contributed by atoms with Crippen molar-refractivity contribution in [2.24, 2.45) is 0 Å². The minimum Gasteiger partial charge on any atom is -0.383 e. The molecule has 8 heteroatoms. The average molecular weight is 412 g/mol. The number of benzene rings is 2. The Labute approximate surface area is 176 Å². The summed E-state index contributed by atoms with van der Waals surface area (Å²) in [4.78, 5) is 36.3. The van der Waals surface area contributed by atoms with Crippen molar-refractivity contribution in [1.82, 2.24) is 10.6 Å². The van der Waals surface area contributed by atoms with Crippen molar-refractivity contribution in [3.8, 4) is 0 Å². The third kappa shape index (κ3) is 7.56. The minimum atomic E-state index is -0.252. The van der Waals surface area contributed by atoms with Gasteiger partial charge in [-0.2, -0.15) is 0 Å². The Morgan fingerprint density at radius 3 is 2.33 bits per heavy atom. The van der Waals surface area contributed by atoms with Gasteiger partial charge in [-0.15, -0.1) is 0 Å². The molecule has 0 aliphatic carbocycles. The van der Waals surface area contributed by atoms with Crippen molar-refractivity contribution in [3.63, 3.8) is 0 Å². The van der Waals surface area contributed by atoms with Crippen LogP contribution in [0.25, 0.3) is 0 Å². The van der Waals surface area contributed by atoms with E-state index in [0.717, 1.165) is 0 Å². The van der Waals surface area contributed by atoms with Crippen molar-refractivity contribution in [2.75, 3.05) is 37.4 Å². The number of carbonyl (C=O) groups is 3. The molecular weight excluding hydrogens is 384 g/mol. The molecule has 0 saturated carbocycles. The van der Waals surface area contributed by atoms with E-state index in [1.54, 1.807) is 55.6 Å². The van der Waals surface area contributed by atoms with Gasteiger partial charge in [-0.25, -0.2) is 0 Å². The first-order chi connectivity index (χ1) is 14.4. The molecule has 0 fully saturated rings. The van der Waals surface area contributed by atoms with Crippen LogP contribution in [0.1, 0.15) is 34.6 Å². The molecule has 0 bridgehead atoms. The van der Waals surface area contributed by atoms with E-state index in [9.17, 15) is 14.4 Å². The summed E-state index contributed by atoms with van der Waals surface area (Å²) in [6.45, 7) is 4.70. The number of amides is 3. The maximum absolute atomic E-state index is 12.2. The summed E-state index contributed by atoms with van der Waals surface area (Å²) in [5.74, 6) is -0.624. The summed E-state index contributed by atoms with van der Waals surface area (Å²) < 4.78 is 4.89. The lowest BCUT2D eigenvalue weighted by molar-refractivity contribution is -0.114. The highest BCUT2D eigenvalue weighted by atomic mass is 16.5. The highest BCUT2D eigenvalue weighted by Crippen LogP contribution is 2.12. The monoisotopic (exact) mass is 412 g/mol. The predicted molar refractivity (Wildman–Crippen MR) is 117 cm³/mol. The van der Waals surface area contributed by atoms with Gasteiger partial charge in [0.15, 0.2) is 0 Å². The molecule has 0 aliphatic heterocycles. The molecule has 4 N–H and O–H groups in total. The molecule has 0 atom stereocenters. The standard InChI is InChI=1S/C22H28N4O4/c1-15(2)25-22(29)17-5-4-6-19(13-17)26-20(27)14-24-18-9-7-16(8-10-18)21(28)23-11-12-30-3/h4-10,13,15,24H,11-12,14H2,1-3H3,(H,23,28)(H,25,29)(H,26,27). The predicted octanol–water partition coefficient (Wildman–Crippen LogP) is 2.25. The molecule has 0 aromatic heterocycles. The van der Waals surface area contributed by atoms with Crippen molar-refractivity contribution in [1.29, 1.82) is 0 Å². The molecule has 0 spiro atoms. The van der Waals surface area contributed by atoms with Gasteiger partial charge >= 0.3 is 0 Å². The number of ether oxygens (including phenoxy) is 1. The van der Waals surface area contributed by atoms with Gasteiger partial charge in [0.25, 0.3) is 11.8 Å². The van der Waals surface area contributed by atoms with E-state index in [0.29, 0.717) is 35.7 Å². The van der Waals surface area contributed by atoms with Crippen LogP contribution < -0.4 is 21.3 Å². The van der Waals surface area contributed by atoms with Gasteiger partial charge < -0.3 is 26.0 Å². The zero-order chi connectivity index (χ0) is 21.9. The number of hydrogen-bond donors (Lipinski definition) is 4. The fourth-order valence-electron chi connectivity index (χ4n) is 2.58. The van der Waals surface area contributed by atoms with Crippen LogP contribution in [0.4, 0.5) is 11.4 Å². The highest BCUT2D eigenvalue weighted by molar-refractivity contribution is 5.98. The van der Waals surface area contributed by atoms with Crippen LogP contribution in [-0.2, 0) is 9.53 Å². The SMILES string of the molecule is COCCNC(=O)c1ccc(NCC(=O)Nc2cccc(C(=O)NC(C)C)c2)cc1. The number of rotatable bonds is 10. The van der Waals surface area contributed by atoms with Gasteiger partial charge in [0.2, 0.25) is 5.91 Å². The van der Waals surface area contributed by atoms with Crippen molar-refractivity contribution < 1.29 is 19.1 Å². The second-order valence-corrected chi connectivity index (χ2v) is 6.94. The van der Waals surface area contributed by atoms with Crippen LogP contribution >= 0.6 is 0 Å². The Kier molecular flexibility index (Phi) is 8.83. The molecule has 160 valence electrons. The molecule has 0 saturated heterocycles. The summed E-state index contributed by atoms with van der Waals surface area (Å²) in [7, 11) is 1.57. The zero-order valence-electron chi connectivity index (χ0n) is 17.5. The van der Waals surface area contributed by atoms with Gasteiger partial charge in [0, 0.05) is 42.2 Å². The van der Waals surface area contributed by atoms with Gasteiger partial charge in [-0.3, -0.25) is 14.4 Å². The summed E-state index contributed by atoms with van der Waals surface area (Å²) in [5, 5.41) is 11.3. The number of anilines is 2. The highest BCUT2D eigenvalue weighted by Gasteiger charge is 2.09. The average Bonchev–Trinajstić information content (AvgIpc) is 2.72. The Bertz CT molecular complexity index is 866. The fourth-order valence-corrected chi connectivity index (χ4v) is 2.58. The molecule has 3 amide bonds. The van der Waals surface area contributed by atoms with Crippen LogP contribution in [-0.4, -0.2) is 50.6 Å². The Balaban J connectivity index is 1.85. The summed E-state index contributed by atoms with van der Waals surface area (Å²) in [5.41, 5.74) is 2.26. The first kappa shape index (κ1) is 22.9. The van der Waals surface area contributed by atoms with Crippen LogP contribution in [0.3, 0.4) is 0 Å². The van der Waals surface area contributed by atoms with Crippen LogP contribution in [0.15, 0.2) is 48.5 Å². The van der Waals surface area contributed by atoms with Crippen LogP contribution in [0, 0.1) is 0 Å². The third-order valence-corrected chi connectivity index (χ3v) is 4.02. The lowest BCUT2D eigenvalue weighted by atomic mass is 10.1. The van der Waals surface area contributed by atoms with E-state index in [4.69, 9.17) is 4.74 Å². The first-order valence-electron chi connectivity index (χ1n) is 9.71. The lowest BCUT2D eigenvalue weighted by Crippen LogP contribution is -2.30. The largest absolute Gasteiger partial charge is 0.383 e. The second-order valence-electron chi connectivity index (χ2n) is 6.94. The normalized spacial score (nSPS) is 10.4. The number of nitrogens with one attached hydrogen (secondary N) is 4. The Morgan fingerprint density at radius 1 is 0.933 bits per heavy atom. The van der Waals surface area contributed by atoms with Crippen molar-refractivity contribution in [2.45, 2.75) is 19.9 Å². The molecule has 8 nitrogen and oxygen atoms in total. The van der Waals surface area contributed by atoms with E-state index >= 15 is 0 Å². The maximum Gasteiger partial charge on any atom is 0.251 e.